The van der Waals surface area contributed by atoms with Crippen molar-refractivity contribution in [1.29, 1.82) is 0 Å². The van der Waals surface area contributed by atoms with Crippen LogP contribution in [0.5, 0.6) is 0 Å². The van der Waals surface area contributed by atoms with Crippen LogP contribution in [0.4, 0.5) is 0 Å². The Labute approximate surface area is 131 Å². The molecule has 0 aromatic heterocycles. The van der Waals surface area contributed by atoms with Crippen molar-refractivity contribution < 1.29 is 0 Å². The van der Waals surface area contributed by atoms with Gasteiger partial charge >= 0.3 is 0 Å². The van der Waals surface area contributed by atoms with Gasteiger partial charge in [0.25, 0.3) is 0 Å². The first-order chi connectivity index (χ1) is 9.90. The third-order valence-corrected chi connectivity index (χ3v) is 8.01. The van der Waals surface area contributed by atoms with Gasteiger partial charge in [0.2, 0.25) is 0 Å². The summed E-state index contributed by atoms with van der Waals surface area (Å²) in [4.78, 5) is 2.69. The fourth-order valence-electron chi connectivity index (χ4n) is 6.71. The normalized spacial score (nSPS) is 52.3. The van der Waals surface area contributed by atoms with Crippen molar-refractivity contribution in [2.45, 2.75) is 96.3 Å². The van der Waals surface area contributed by atoms with E-state index in [1.807, 2.05) is 0 Å². The maximum Gasteiger partial charge on any atom is 0.0177 e. The highest BCUT2D eigenvalue weighted by atomic mass is 15.2. The van der Waals surface area contributed by atoms with E-state index in [2.05, 4.69) is 38.0 Å². The molecule has 4 rings (SSSR count). The van der Waals surface area contributed by atoms with E-state index in [0.29, 0.717) is 10.8 Å². The van der Waals surface area contributed by atoms with Crippen molar-refractivity contribution in [2.24, 2.45) is 16.7 Å². The summed E-state index contributed by atoms with van der Waals surface area (Å²) in [7, 11) is 2.37. The highest BCUT2D eigenvalue weighted by molar-refractivity contribution is 5.13. The number of piperidine rings is 2. The summed E-state index contributed by atoms with van der Waals surface area (Å²) in [5.41, 5.74) is 1.08. The van der Waals surface area contributed by atoms with Gasteiger partial charge < -0.3 is 10.2 Å². The molecule has 2 nitrogen and oxygen atoms in total. The summed E-state index contributed by atoms with van der Waals surface area (Å²) in [6, 6.07) is 3.23. The van der Waals surface area contributed by atoms with E-state index in [9.17, 15) is 0 Å². The van der Waals surface area contributed by atoms with Gasteiger partial charge in [0, 0.05) is 24.2 Å². The van der Waals surface area contributed by atoms with Gasteiger partial charge in [-0.15, -0.1) is 0 Å². The standard InChI is InChI=1S/C19H34N2/c1-18(2)13-8-9-19(3,12-13)17(18)20-14-10-15-6-5-7-16(11-14)21(15)4/h13-17,20H,5-12H2,1-4H3. The Morgan fingerprint density at radius 2 is 1.67 bits per heavy atom. The lowest BCUT2D eigenvalue weighted by Crippen LogP contribution is -2.60. The van der Waals surface area contributed by atoms with E-state index in [4.69, 9.17) is 0 Å². The monoisotopic (exact) mass is 290 g/mol. The Bertz CT molecular complexity index is 399. The lowest BCUT2D eigenvalue weighted by molar-refractivity contribution is 0.0256. The van der Waals surface area contributed by atoms with Crippen molar-refractivity contribution in [3.63, 3.8) is 0 Å². The summed E-state index contributed by atoms with van der Waals surface area (Å²) >= 11 is 0. The number of hydrogen-bond acceptors (Lipinski definition) is 2. The maximum absolute atomic E-state index is 4.20. The zero-order valence-electron chi connectivity index (χ0n) is 14.5. The molecule has 0 aromatic rings. The van der Waals surface area contributed by atoms with Gasteiger partial charge in [-0.1, -0.05) is 27.2 Å². The van der Waals surface area contributed by atoms with Gasteiger partial charge in [-0.05, 0) is 68.7 Å². The first kappa shape index (κ1) is 14.5. The Kier molecular flexibility index (Phi) is 3.25. The first-order valence-electron chi connectivity index (χ1n) is 9.38. The van der Waals surface area contributed by atoms with Crippen molar-refractivity contribution in [3.05, 3.63) is 0 Å². The molecule has 1 N–H and O–H groups in total. The molecular weight excluding hydrogens is 256 g/mol. The summed E-state index contributed by atoms with van der Waals surface area (Å²) < 4.78 is 0. The molecule has 2 aliphatic carbocycles. The van der Waals surface area contributed by atoms with E-state index in [0.717, 1.165) is 30.1 Å². The average Bonchev–Trinajstić information content (AvgIpc) is 2.87. The first-order valence-corrected chi connectivity index (χ1v) is 9.38. The van der Waals surface area contributed by atoms with Gasteiger partial charge in [-0.2, -0.15) is 0 Å². The maximum atomic E-state index is 4.20. The average molecular weight is 290 g/mol. The molecule has 0 radical (unpaired) electrons. The van der Waals surface area contributed by atoms with Gasteiger partial charge in [-0.25, -0.2) is 0 Å². The molecule has 2 aliphatic heterocycles. The third-order valence-electron chi connectivity index (χ3n) is 8.01. The van der Waals surface area contributed by atoms with Crippen LogP contribution in [0.3, 0.4) is 0 Å². The molecule has 4 fully saturated rings. The van der Waals surface area contributed by atoms with Gasteiger partial charge in [0.05, 0.1) is 0 Å². The topological polar surface area (TPSA) is 15.3 Å². The van der Waals surface area contributed by atoms with E-state index >= 15 is 0 Å². The molecule has 21 heavy (non-hydrogen) atoms. The Balaban J connectivity index is 1.49. The van der Waals surface area contributed by atoms with Gasteiger partial charge in [-0.3, -0.25) is 0 Å². The van der Waals surface area contributed by atoms with Crippen LogP contribution >= 0.6 is 0 Å². The fraction of sp³-hybridized carbons (Fsp3) is 1.00. The Hall–Kier alpha value is -0.0800. The zero-order chi connectivity index (χ0) is 14.8. The molecule has 2 saturated carbocycles. The minimum Gasteiger partial charge on any atom is -0.310 e. The van der Waals surface area contributed by atoms with Crippen LogP contribution in [0.25, 0.3) is 0 Å². The smallest absolute Gasteiger partial charge is 0.0177 e. The highest BCUT2D eigenvalue weighted by Gasteiger charge is 2.59. The van der Waals surface area contributed by atoms with Crippen molar-refractivity contribution in [1.82, 2.24) is 10.2 Å². The molecule has 5 atom stereocenters. The van der Waals surface area contributed by atoms with E-state index < -0.39 is 0 Å². The summed E-state index contributed by atoms with van der Waals surface area (Å²) in [5, 5.41) is 4.20. The molecule has 2 saturated heterocycles. The Morgan fingerprint density at radius 3 is 2.24 bits per heavy atom. The van der Waals surface area contributed by atoms with Gasteiger partial charge in [0.1, 0.15) is 0 Å². The number of nitrogens with zero attached hydrogens (tertiary/aromatic N) is 1. The van der Waals surface area contributed by atoms with E-state index in [1.165, 1.54) is 51.4 Å². The molecule has 0 amide bonds. The number of rotatable bonds is 2. The van der Waals surface area contributed by atoms with Crippen molar-refractivity contribution in [2.75, 3.05) is 7.05 Å². The molecule has 2 heteroatoms. The number of nitrogens with one attached hydrogen (secondary N) is 1. The summed E-state index contributed by atoms with van der Waals surface area (Å²) in [6.45, 7) is 7.64. The largest absolute Gasteiger partial charge is 0.310 e. The van der Waals surface area contributed by atoms with Crippen molar-refractivity contribution >= 4 is 0 Å². The summed E-state index contributed by atoms with van der Waals surface area (Å²) in [5.74, 6) is 0.964. The highest BCUT2D eigenvalue weighted by Crippen LogP contribution is 2.62. The lowest BCUT2D eigenvalue weighted by Gasteiger charge is -2.51. The van der Waals surface area contributed by atoms with Crippen LogP contribution in [0.15, 0.2) is 0 Å². The molecule has 0 aromatic carbocycles. The van der Waals surface area contributed by atoms with E-state index in [1.54, 1.807) is 0 Å². The molecule has 120 valence electrons. The summed E-state index contributed by atoms with van der Waals surface area (Å²) in [6.07, 6.45) is 11.5. The van der Waals surface area contributed by atoms with Crippen LogP contribution in [0, 0.1) is 16.7 Å². The van der Waals surface area contributed by atoms with Crippen LogP contribution in [-0.4, -0.2) is 36.1 Å². The second-order valence-corrected chi connectivity index (χ2v) is 9.59. The molecular formula is C19H34N2. The van der Waals surface area contributed by atoms with Crippen LogP contribution in [0.1, 0.15) is 72.1 Å². The second-order valence-electron chi connectivity index (χ2n) is 9.59. The van der Waals surface area contributed by atoms with E-state index in [-0.39, 0.29) is 0 Å². The van der Waals surface area contributed by atoms with Crippen LogP contribution in [-0.2, 0) is 0 Å². The molecule has 4 bridgehead atoms. The quantitative estimate of drug-likeness (QED) is 0.832. The minimum absolute atomic E-state index is 0.505. The minimum atomic E-state index is 0.505. The SMILES string of the molecule is CN1C2CCCC1CC(NC1C3(C)CCC(C3)C1(C)C)C2. The van der Waals surface area contributed by atoms with Crippen LogP contribution < -0.4 is 5.32 Å². The van der Waals surface area contributed by atoms with Crippen LogP contribution in [0.2, 0.25) is 0 Å². The van der Waals surface area contributed by atoms with Crippen molar-refractivity contribution in [3.8, 4) is 0 Å². The second kappa shape index (κ2) is 4.71. The lowest BCUT2D eigenvalue weighted by atomic mass is 9.67. The number of hydrogen-bond donors (Lipinski definition) is 1. The van der Waals surface area contributed by atoms with Gasteiger partial charge in [0.15, 0.2) is 0 Å². The predicted octanol–water partition coefficient (Wildman–Crippen LogP) is 3.81. The third kappa shape index (κ3) is 2.12. The molecule has 2 heterocycles. The predicted molar refractivity (Wildman–Crippen MR) is 88.4 cm³/mol. The molecule has 4 aliphatic rings. The molecule has 0 spiro atoms. The Morgan fingerprint density at radius 1 is 1.00 bits per heavy atom. The number of fused-ring (bicyclic) bond motifs is 4. The zero-order valence-corrected chi connectivity index (χ0v) is 14.5. The fourth-order valence-corrected chi connectivity index (χ4v) is 6.71. The molecule has 5 unspecified atom stereocenters.